The first kappa shape index (κ1) is 6.20. The van der Waals surface area contributed by atoms with Gasteiger partial charge in [-0.1, -0.05) is 4.48 Å². The molecule has 0 heterocycles. The van der Waals surface area contributed by atoms with E-state index in [0.29, 0.717) is 0 Å². The van der Waals surface area contributed by atoms with E-state index in [9.17, 15) is 9.28 Å². The molecule has 0 aromatic carbocycles. The van der Waals surface area contributed by atoms with Crippen LogP contribution in [-0.2, 0) is 4.74 Å². The van der Waals surface area contributed by atoms with Crippen LogP contribution in [0.1, 0.15) is 0 Å². The number of carbonyl (C=O) groups is 1. The fraction of sp³-hybridized carbons (Fsp3) is 0.667. The normalized spacial score (nSPS) is 7.86. The van der Waals surface area contributed by atoms with Gasteiger partial charge in [0.2, 0.25) is 0 Å². The van der Waals surface area contributed by atoms with Gasteiger partial charge in [-0.05, 0) is 0 Å². The molecule has 4 heteroatoms. The maximum absolute atomic E-state index is 11.5. The predicted molar refractivity (Wildman–Crippen MR) is 21.3 cm³/mol. The summed E-state index contributed by atoms with van der Waals surface area (Å²) >= 11 is 0. The van der Waals surface area contributed by atoms with E-state index in [1.807, 2.05) is 0 Å². The van der Waals surface area contributed by atoms with Crippen molar-refractivity contribution in [3.63, 3.8) is 0 Å². The molecule has 0 aromatic rings. The first-order valence-corrected chi connectivity index (χ1v) is 1.66. The van der Waals surface area contributed by atoms with E-state index in [-0.39, 0.29) is 5.12 Å². The number of rotatable bonds is 0. The molecule has 42 valence electrons. The highest BCUT2D eigenvalue weighted by Gasteiger charge is 2.02. The zero-order valence-corrected chi connectivity index (χ0v) is 4.14. The molecule has 0 saturated carbocycles. The summed E-state index contributed by atoms with van der Waals surface area (Å²) < 4.78 is 15.4. The van der Waals surface area contributed by atoms with Crippen LogP contribution in [0.2, 0.25) is 0 Å². The lowest BCUT2D eigenvalue weighted by atomic mass is 11.1. The third-order valence-electron chi connectivity index (χ3n) is 0.426. The van der Waals surface area contributed by atoms with E-state index in [0.717, 1.165) is 14.2 Å². The van der Waals surface area contributed by atoms with Crippen LogP contribution in [0.15, 0.2) is 0 Å². The van der Waals surface area contributed by atoms with Gasteiger partial charge < -0.3 is 4.74 Å². The van der Waals surface area contributed by atoms with Crippen molar-refractivity contribution in [2.24, 2.45) is 0 Å². The van der Waals surface area contributed by atoms with Crippen molar-refractivity contribution in [3.8, 4) is 0 Å². The highest BCUT2D eigenvalue weighted by atomic mass is 19.2. The number of hydrogen-bond acceptors (Lipinski definition) is 2. The second-order valence-electron chi connectivity index (χ2n) is 0.947. The van der Waals surface area contributed by atoms with E-state index in [1.165, 1.54) is 0 Å². The molecule has 7 heavy (non-hydrogen) atoms. The monoisotopic (exact) mass is 107 g/mol. The molecule has 0 rings (SSSR count). The van der Waals surface area contributed by atoms with Crippen LogP contribution in [-0.4, -0.2) is 25.4 Å². The topological polar surface area (TPSA) is 29.5 Å². The summed E-state index contributed by atoms with van der Waals surface area (Å²) in [6, 6.07) is 0. The first-order valence-electron chi connectivity index (χ1n) is 1.66. The highest BCUT2D eigenvalue weighted by Crippen LogP contribution is 1.84. The van der Waals surface area contributed by atoms with Gasteiger partial charge in [0.1, 0.15) is 0 Å². The molecular weight excluding hydrogens is 101 g/mol. The second-order valence-corrected chi connectivity index (χ2v) is 0.947. The van der Waals surface area contributed by atoms with Crippen molar-refractivity contribution < 1.29 is 14.0 Å². The Bertz CT molecular complexity index is 73.3. The molecule has 0 atom stereocenters. The van der Waals surface area contributed by atoms with Crippen LogP contribution in [0, 0.1) is 0 Å². The zero-order valence-electron chi connectivity index (χ0n) is 4.14. The van der Waals surface area contributed by atoms with Crippen LogP contribution in [0.4, 0.5) is 9.28 Å². The lowest BCUT2D eigenvalue weighted by Crippen LogP contribution is -2.16. The number of hydrogen-bond donors (Lipinski definition) is 0. The number of ether oxygens (including phenoxy) is 1. The molecule has 3 nitrogen and oxygen atoms in total. The molecule has 0 unspecified atom stereocenters. The van der Waals surface area contributed by atoms with Crippen LogP contribution < -0.4 is 0 Å². The van der Waals surface area contributed by atoms with E-state index < -0.39 is 6.09 Å². The van der Waals surface area contributed by atoms with E-state index in [4.69, 9.17) is 0 Å². The van der Waals surface area contributed by atoms with Crippen LogP contribution in [0.3, 0.4) is 0 Å². The Morgan fingerprint density at radius 1 is 1.86 bits per heavy atom. The molecule has 0 fully saturated rings. The van der Waals surface area contributed by atoms with Crippen LogP contribution in [0.5, 0.6) is 0 Å². The van der Waals surface area contributed by atoms with E-state index in [1.54, 1.807) is 0 Å². The smallest absolute Gasteiger partial charge is 0.437 e. The summed E-state index contributed by atoms with van der Waals surface area (Å²) in [6.45, 7) is 0. The number of amides is 1. The molecule has 0 N–H and O–H groups in total. The van der Waals surface area contributed by atoms with Gasteiger partial charge in [-0.25, -0.2) is 4.79 Å². The van der Waals surface area contributed by atoms with Crippen molar-refractivity contribution >= 4 is 6.09 Å². The summed E-state index contributed by atoms with van der Waals surface area (Å²) in [5.74, 6) is 0. The number of methoxy groups -OCH3 is 1. The van der Waals surface area contributed by atoms with Gasteiger partial charge in [0.15, 0.2) is 0 Å². The molecule has 0 aliphatic rings. The number of nitrogens with zero attached hydrogens (tertiary/aromatic N) is 1. The maximum atomic E-state index is 11.5. The number of carbonyl (C=O) groups excluding carboxylic acids is 1. The average molecular weight is 107 g/mol. The minimum Gasteiger partial charge on any atom is -0.451 e. The van der Waals surface area contributed by atoms with Crippen molar-refractivity contribution in [1.82, 2.24) is 5.12 Å². The van der Waals surface area contributed by atoms with Gasteiger partial charge in [0.25, 0.3) is 0 Å². The zero-order chi connectivity index (χ0) is 5.86. The van der Waals surface area contributed by atoms with Gasteiger partial charge in [0, 0.05) is 7.05 Å². The first-order chi connectivity index (χ1) is 3.18. The van der Waals surface area contributed by atoms with Crippen LogP contribution in [0.25, 0.3) is 0 Å². The summed E-state index contributed by atoms with van der Waals surface area (Å²) in [4.78, 5) is 9.84. The third kappa shape index (κ3) is 1.97. The van der Waals surface area contributed by atoms with Gasteiger partial charge in [0.05, 0.1) is 7.11 Å². The number of halogens is 1. The Labute approximate surface area is 40.6 Å². The Balaban J connectivity index is 3.35. The molecule has 0 spiro atoms. The Kier molecular flexibility index (Phi) is 2.11. The fourth-order valence-electron chi connectivity index (χ4n) is 0.126. The standard InChI is InChI=1S/C3H6FNO2/c1-5(4)3(6)7-2/h1-2H3. The second kappa shape index (κ2) is 2.39. The van der Waals surface area contributed by atoms with Crippen LogP contribution >= 0.6 is 0 Å². The van der Waals surface area contributed by atoms with E-state index >= 15 is 0 Å². The molecule has 1 amide bonds. The molecule has 0 radical (unpaired) electrons. The summed E-state index contributed by atoms with van der Waals surface area (Å²) in [6.07, 6.45) is -0.986. The molecule has 0 bridgehead atoms. The Morgan fingerprint density at radius 2 is 2.29 bits per heavy atom. The maximum Gasteiger partial charge on any atom is 0.437 e. The summed E-state index contributed by atoms with van der Waals surface area (Å²) in [7, 11) is 2.07. The molecule has 0 aromatic heterocycles. The van der Waals surface area contributed by atoms with Gasteiger partial charge in [-0.3, -0.25) is 0 Å². The minimum atomic E-state index is -0.986. The van der Waals surface area contributed by atoms with Crippen molar-refractivity contribution in [1.29, 1.82) is 0 Å². The highest BCUT2D eigenvalue weighted by molar-refractivity contribution is 5.65. The van der Waals surface area contributed by atoms with E-state index in [2.05, 4.69) is 4.74 Å². The fourth-order valence-corrected chi connectivity index (χ4v) is 0.126. The van der Waals surface area contributed by atoms with Gasteiger partial charge in [-0.15, -0.1) is 5.12 Å². The lowest BCUT2D eigenvalue weighted by Gasteiger charge is -1.99. The summed E-state index contributed by atoms with van der Waals surface area (Å²) in [5, 5.41) is -0.139. The van der Waals surface area contributed by atoms with Gasteiger partial charge in [-0.2, -0.15) is 0 Å². The Hall–Kier alpha value is -0.800. The van der Waals surface area contributed by atoms with Crippen molar-refractivity contribution in [2.45, 2.75) is 0 Å². The third-order valence-corrected chi connectivity index (χ3v) is 0.426. The molecule has 0 saturated heterocycles. The molecule has 0 aliphatic carbocycles. The van der Waals surface area contributed by atoms with Gasteiger partial charge >= 0.3 is 6.09 Å². The van der Waals surface area contributed by atoms with Crippen molar-refractivity contribution in [3.05, 3.63) is 0 Å². The lowest BCUT2D eigenvalue weighted by molar-refractivity contribution is 0.0426. The quantitative estimate of drug-likeness (QED) is 0.423. The molecule has 0 aliphatic heterocycles. The minimum absolute atomic E-state index is 0.139. The largest absolute Gasteiger partial charge is 0.451 e. The van der Waals surface area contributed by atoms with Crippen molar-refractivity contribution in [2.75, 3.05) is 14.2 Å². The Morgan fingerprint density at radius 3 is 2.29 bits per heavy atom. The average Bonchev–Trinajstić information content (AvgIpc) is 1.65. The predicted octanol–water partition coefficient (Wildman–Crippen LogP) is 0.569. The molecular formula is C3H6FNO2. The summed E-state index contributed by atoms with van der Waals surface area (Å²) in [5.41, 5.74) is 0. The SMILES string of the molecule is COC(=O)N(C)F.